The number of alkyl carbamates (subject to hydrolysis) is 2. The fourth-order valence-electron chi connectivity index (χ4n) is 6.15. The Morgan fingerprint density at radius 1 is 0.550 bits per heavy atom. The standard InChI is InChI=1S/C27H48N6O7/c1-38-15-16-40-27(37)31-22-9-5-19(6-10-22)17-18-3-7-20(8-4-18)28-24(34)32-33-25(35)29-21-11-13-23(14-12-21)30-26(36)39-2/h18-23H,3-17H2,1-2H3,(H,30,36)(H,31,37)(H2,28,32,34)(H2,29,33,35). The molecule has 13 nitrogen and oxygen atoms in total. The maximum absolute atomic E-state index is 12.3. The zero-order chi connectivity index (χ0) is 28.7. The van der Waals surface area contributed by atoms with Gasteiger partial charge in [0.05, 0.1) is 13.7 Å². The molecule has 0 radical (unpaired) electrons. The van der Waals surface area contributed by atoms with Gasteiger partial charge in [0.2, 0.25) is 0 Å². The van der Waals surface area contributed by atoms with Crippen molar-refractivity contribution in [2.45, 2.75) is 108 Å². The Kier molecular flexibility index (Phi) is 13.4. The van der Waals surface area contributed by atoms with Crippen molar-refractivity contribution in [1.82, 2.24) is 32.1 Å². The van der Waals surface area contributed by atoms with Gasteiger partial charge in [0, 0.05) is 31.3 Å². The van der Waals surface area contributed by atoms with Crippen LogP contribution in [0.15, 0.2) is 0 Å². The summed E-state index contributed by atoms with van der Waals surface area (Å²) in [4.78, 5) is 47.6. The largest absolute Gasteiger partial charge is 0.453 e. The first kappa shape index (κ1) is 31.6. The Bertz CT molecular complexity index is 807. The van der Waals surface area contributed by atoms with Crippen LogP contribution in [0.1, 0.15) is 83.5 Å². The van der Waals surface area contributed by atoms with Crippen molar-refractivity contribution in [1.29, 1.82) is 0 Å². The number of ether oxygens (including phenoxy) is 3. The van der Waals surface area contributed by atoms with E-state index in [1.165, 1.54) is 13.5 Å². The summed E-state index contributed by atoms with van der Waals surface area (Å²) in [6.07, 6.45) is 11.6. The van der Waals surface area contributed by atoms with Gasteiger partial charge in [-0.2, -0.15) is 0 Å². The molecule has 0 saturated heterocycles. The van der Waals surface area contributed by atoms with Gasteiger partial charge < -0.3 is 35.5 Å². The second kappa shape index (κ2) is 17.0. The van der Waals surface area contributed by atoms with E-state index in [0.29, 0.717) is 18.4 Å². The number of hydrogen-bond donors (Lipinski definition) is 6. The van der Waals surface area contributed by atoms with Crippen molar-refractivity contribution in [2.24, 2.45) is 11.8 Å². The summed E-state index contributed by atoms with van der Waals surface area (Å²) < 4.78 is 14.6. The fourth-order valence-corrected chi connectivity index (χ4v) is 6.15. The highest BCUT2D eigenvalue weighted by Crippen LogP contribution is 2.35. The molecule has 0 unspecified atom stereocenters. The van der Waals surface area contributed by atoms with Crippen LogP contribution in [0.3, 0.4) is 0 Å². The summed E-state index contributed by atoms with van der Waals surface area (Å²) in [6, 6.07) is -0.528. The predicted octanol–water partition coefficient (Wildman–Crippen LogP) is 3.05. The molecule has 3 aliphatic carbocycles. The molecule has 40 heavy (non-hydrogen) atoms. The molecule has 0 aromatic rings. The third-order valence-corrected chi connectivity index (χ3v) is 8.40. The first-order valence-corrected chi connectivity index (χ1v) is 14.7. The van der Waals surface area contributed by atoms with E-state index < -0.39 is 18.2 Å². The number of carbonyl (C=O) groups excluding carboxylic acids is 4. The lowest BCUT2D eigenvalue weighted by Gasteiger charge is -2.34. The molecule has 6 amide bonds. The SMILES string of the molecule is COCCOC(=O)NC1CCC(CC2CCC(NC(=O)NNC(=O)NC3CCC(NC(=O)OC)CC3)CC2)CC1. The fraction of sp³-hybridized carbons (Fsp3) is 0.852. The Labute approximate surface area is 236 Å². The van der Waals surface area contributed by atoms with Crippen molar-refractivity contribution in [3.05, 3.63) is 0 Å². The van der Waals surface area contributed by atoms with E-state index in [1.807, 2.05) is 0 Å². The highest BCUT2D eigenvalue weighted by atomic mass is 16.6. The average molecular weight is 569 g/mol. The molecule has 6 N–H and O–H groups in total. The normalized spacial score (nSPS) is 28.4. The topological polar surface area (TPSA) is 168 Å². The van der Waals surface area contributed by atoms with Gasteiger partial charge in [-0.3, -0.25) is 0 Å². The lowest BCUT2D eigenvalue weighted by atomic mass is 9.76. The lowest BCUT2D eigenvalue weighted by molar-refractivity contribution is 0.0939. The molecular weight excluding hydrogens is 520 g/mol. The van der Waals surface area contributed by atoms with E-state index in [2.05, 4.69) is 36.9 Å². The van der Waals surface area contributed by atoms with Gasteiger partial charge in [-0.1, -0.05) is 0 Å². The van der Waals surface area contributed by atoms with E-state index in [4.69, 9.17) is 9.47 Å². The molecule has 0 aliphatic heterocycles. The van der Waals surface area contributed by atoms with E-state index in [9.17, 15) is 19.2 Å². The van der Waals surface area contributed by atoms with Gasteiger partial charge >= 0.3 is 24.2 Å². The average Bonchev–Trinajstić information content (AvgIpc) is 2.95. The molecule has 228 valence electrons. The smallest absolute Gasteiger partial charge is 0.407 e. The molecule has 13 heteroatoms. The second-order valence-electron chi connectivity index (χ2n) is 11.3. The zero-order valence-electron chi connectivity index (χ0n) is 23.9. The molecule has 0 heterocycles. The van der Waals surface area contributed by atoms with Gasteiger partial charge in [0.15, 0.2) is 0 Å². The van der Waals surface area contributed by atoms with Crippen LogP contribution in [-0.4, -0.2) is 75.8 Å². The molecule has 0 aromatic carbocycles. The van der Waals surface area contributed by atoms with Crippen molar-refractivity contribution in [3.8, 4) is 0 Å². The Morgan fingerprint density at radius 3 is 1.38 bits per heavy atom. The lowest BCUT2D eigenvalue weighted by Crippen LogP contribution is -2.55. The van der Waals surface area contributed by atoms with E-state index >= 15 is 0 Å². The molecule has 0 spiro atoms. The minimum atomic E-state index is -0.448. The Hall–Kier alpha value is -2.96. The second-order valence-corrected chi connectivity index (χ2v) is 11.3. The first-order valence-electron chi connectivity index (χ1n) is 14.7. The third-order valence-electron chi connectivity index (χ3n) is 8.40. The van der Waals surface area contributed by atoms with E-state index in [0.717, 1.165) is 77.0 Å². The summed E-state index contributed by atoms with van der Waals surface area (Å²) in [5.74, 6) is 1.35. The molecule has 3 aliphatic rings. The quantitative estimate of drug-likeness (QED) is 0.183. The van der Waals surface area contributed by atoms with Crippen LogP contribution in [0.25, 0.3) is 0 Å². The Balaban J connectivity index is 1.21. The molecule has 0 atom stereocenters. The first-order chi connectivity index (χ1) is 19.3. The van der Waals surface area contributed by atoms with Gasteiger partial charge in [0.25, 0.3) is 0 Å². The number of urea groups is 2. The van der Waals surface area contributed by atoms with Crippen molar-refractivity contribution in [3.63, 3.8) is 0 Å². The van der Waals surface area contributed by atoms with Crippen molar-refractivity contribution in [2.75, 3.05) is 27.4 Å². The maximum Gasteiger partial charge on any atom is 0.407 e. The Morgan fingerprint density at radius 2 is 0.950 bits per heavy atom. The minimum absolute atomic E-state index is 0.00950. The van der Waals surface area contributed by atoms with Crippen molar-refractivity contribution >= 4 is 24.2 Å². The van der Waals surface area contributed by atoms with Gasteiger partial charge in [-0.05, 0) is 95.3 Å². The van der Waals surface area contributed by atoms with Crippen LogP contribution in [-0.2, 0) is 14.2 Å². The highest BCUT2D eigenvalue weighted by Gasteiger charge is 2.28. The summed E-state index contributed by atoms with van der Waals surface area (Å²) in [6.45, 7) is 0.669. The highest BCUT2D eigenvalue weighted by molar-refractivity contribution is 5.80. The summed E-state index contributed by atoms with van der Waals surface area (Å²) in [5.41, 5.74) is 4.86. The minimum Gasteiger partial charge on any atom is -0.453 e. The maximum atomic E-state index is 12.3. The van der Waals surface area contributed by atoms with Crippen LogP contribution in [0.2, 0.25) is 0 Å². The number of carbonyl (C=O) groups is 4. The third kappa shape index (κ3) is 11.6. The van der Waals surface area contributed by atoms with Crippen LogP contribution in [0.4, 0.5) is 19.2 Å². The van der Waals surface area contributed by atoms with Gasteiger partial charge in [-0.25, -0.2) is 30.0 Å². The van der Waals surface area contributed by atoms with Gasteiger partial charge in [-0.15, -0.1) is 0 Å². The summed E-state index contributed by atoms with van der Waals surface area (Å²) in [5, 5.41) is 11.6. The molecule has 3 saturated carbocycles. The summed E-state index contributed by atoms with van der Waals surface area (Å²) >= 11 is 0. The number of hydrazine groups is 1. The number of hydrogen-bond acceptors (Lipinski definition) is 7. The van der Waals surface area contributed by atoms with Crippen LogP contribution >= 0.6 is 0 Å². The van der Waals surface area contributed by atoms with Gasteiger partial charge in [0.1, 0.15) is 6.61 Å². The molecular formula is C27H48N6O7. The monoisotopic (exact) mass is 568 g/mol. The van der Waals surface area contributed by atoms with Crippen LogP contribution in [0, 0.1) is 11.8 Å². The number of methoxy groups -OCH3 is 2. The molecule has 0 bridgehead atoms. The van der Waals surface area contributed by atoms with E-state index in [-0.39, 0.29) is 36.9 Å². The zero-order valence-corrected chi connectivity index (χ0v) is 23.9. The molecule has 3 rings (SSSR count). The predicted molar refractivity (Wildman–Crippen MR) is 147 cm³/mol. The van der Waals surface area contributed by atoms with Crippen molar-refractivity contribution < 1.29 is 33.4 Å². The summed E-state index contributed by atoms with van der Waals surface area (Å²) in [7, 11) is 2.91. The number of rotatable bonds is 9. The molecule has 0 aromatic heterocycles. The van der Waals surface area contributed by atoms with Crippen LogP contribution in [0.5, 0.6) is 0 Å². The van der Waals surface area contributed by atoms with Crippen LogP contribution < -0.4 is 32.1 Å². The molecule has 3 fully saturated rings. The number of nitrogens with one attached hydrogen (secondary N) is 6. The van der Waals surface area contributed by atoms with E-state index in [1.54, 1.807) is 7.11 Å². The number of amides is 6.